The number of halogens is 1. The molecule has 1 fully saturated rings. The second-order valence-electron chi connectivity index (χ2n) is 4.46. The molecule has 1 aliphatic heterocycles. The molecular weight excluding hydrogens is 282 g/mol. The van der Waals surface area contributed by atoms with Crippen molar-refractivity contribution in [2.24, 2.45) is 5.92 Å². The fourth-order valence-corrected chi connectivity index (χ4v) is 2.72. The number of rotatable bonds is 2. The average molecular weight is 296 g/mol. The molecule has 3 rings (SSSR count). The second-order valence-corrected chi connectivity index (χ2v) is 5.32. The van der Waals surface area contributed by atoms with Crippen LogP contribution in [0.4, 0.5) is 0 Å². The zero-order valence-corrected chi connectivity index (χ0v) is 11.1. The lowest BCUT2D eigenvalue weighted by atomic mass is 10.0. The van der Waals surface area contributed by atoms with E-state index in [1.165, 1.54) is 6.42 Å². The van der Waals surface area contributed by atoms with Gasteiger partial charge in [0.25, 0.3) is 0 Å². The Hall–Kier alpha value is -0.940. The van der Waals surface area contributed by atoms with Crippen LogP contribution in [0.1, 0.15) is 12.8 Å². The molecule has 2 aromatic rings. The van der Waals surface area contributed by atoms with Crippen molar-refractivity contribution in [3.63, 3.8) is 0 Å². The lowest BCUT2D eigenvalue weighted by Crippen LogP contribution is -2.22. The summed E-state index contributed by atoms with van der Waals surface area (Å²) < 4.78 is 8.48. The first-order valence-corrected chi connectivity index (χ1v) is 6.69. The van der Waals surface area contributed by atoms with Crippen molar-refractivity contribution in [2.45, 2.75) is 19.4 Å². The standard InChI is InChI=1S/C12H14BrN3O/c13-10-4-1-5-11-12(10)14-15-16(11)7-9-3-2-6-17-8-9/h1,4-5,9H,2-3,6-8H2. The maximum atomic E-state index is 5.50. The van der Waals surface area contributed by atoms with Crippen LogP contribution in [0.2, 0.25) is 0 Å². The molecule has 17 heavy (non-hydrogen) atoms. The summed E-state index contributed by atoms with van der Waals surface area (Å²) in [5, 5.41) is 8.44. The van der Waals surface area contributed by atoms with Gasteiger partial charge < -0.3 is 4.74 Å². The summed E-state index contributed by atoms with van der Waals surface area (Å²) in [5.41, 5.74) is 2.02. The Balaban J connectivity index is 1.87. The van der Waals surface area contributed by atoms with Gasteiger partial charge in [0.05, 0.1) is 12.1 Å². The number of fused-ring (bicyclic) bond motifs is 1. The van der Waals surface area contributed by atoms with Gasteiger partial charge in [0.2, 0.25) is 0 Å². The van der Waals surface area contributed by atoms with Crippen LogP contribution < -0.4 is 0 Å². The molecule has 1 unspecified atom stereocenters. The maximum absolute atomic E-state index is 5.50. The van der Waals surface area contributed by atoms with E-state index in [0.717, 1.165) is 41.7 Å². The van der Waals surface area contributed by atoms with Crippen molar-refractivity contribution in [3.8, 4) is 0 Å². The van der Waals surface area contributed by atoms with Crippen LogP contribution in [-0.2, 0) is 11.3 Å². The fraction of sp³-hybridized carbons (Fsp3) is 0.500. The minimum atomic E-state index is 0.563. The third kappa shape index (κ3) is 2.21. The van der Waals surface area contributed by atoms with Gasteiger partial charge in [-0.1, -0.05) is 11.3 Å². The van der Waals surface area contributed by atoms with Crippen LogP contribution in [0.5, 0.6) is 0 Å². The quantitative estimate of drug-likeness (QED) is 0.855. The Morgan fingerprint density at radius 2 is 2.41 bits per heavy atom. The highest BCUT2D eigenvalue weighted by Gasteiger charge is 2.16. The molecule has 0 bridgehead atoms. The summed E-state index contributed by atoms with van der Waals surface area (Å²) in [4.78, 5) is 0. The van der Waals surface area contributed by atoms with Crippen molar-refractivity contribution >= 4 is 27.0 Å². The zero-order valence-electron chi connectivity index (χ0n) is 9.47. The molecule has 0 radical (unpaired) electrons. The van der Waals surface area contributed by atoms with E-state index >= 15 is 0 Å². The monoisotopic (exact) mass is 295 g/mol. The largest absolute Gasteiger partial charge is 0.381 e. The molecule has 1 aromatic carbocycles. The first kappa shape index (κ1) is 11.2. The lowest BCUT2D eigenvalue weighted by molar-refractivity contribution is 0.0473. The highest BCUT2D eigenvalue weighted by Crippen LogP contribution is 2.23. The molecular formula is C12H14BrN3O. The Morgan fingerprint density at radius 3 is 3.24 bits per heavy atom. The van der Waals surface area contributed by atoms with Gasteiger partial charge in [-0.2, -0.15) is 0 Å². The normalized spacial score (nSPS) is 20.9. The van der Waals surface area contributed by atoms with Gasteiger partial charge in [0, 0.05) is 23.5 Å². The summed E-state index contributed by atoms with van der Waals surface area (Å²) >= 11 is 3.49. The number of nitrogens with zero attached hydrogens (tertiary/aromatic N) is 3. The third-order valence-electron chi connectivity index (χ3n) is 3.18. The van der Waals surface area contributed by atoms with Gasteiger partial charge in [-0.3, -0.25) is 0 Å². The first-order chi connectivity index (χ1) is 8.34. The Bertz CT molecular complexity index is 519. The van der Waals surface area contributed by atoms with Gasteiger partial charge in [-0.05, 0) is 40.9 Å². The molecule has 5 heteroatoms. The van der Waals surface area contributed by atoms with E-state index in [0.29, 0.717) is 5.92 Å². The third-order valence-corrected chi connectivity index (χ3v) is 3.82. The highest BCUT2D eigenvalue weighted by molar-refractivity contribution is 9.10. The number of hydrogen-bond donors (Lipinski definition) is 0. The number of ether oxygens (including phenoxy) is 1. The average Bonchev–Trinajstić information content (AvgIpc) is 2.76. The maximum Gasteiger partial charge on any atom is 0.127 e. The van der Waals surface area contributed by atoms with Crippen LogP contribution in [0.15, 0.2) is 22.7 Å². The second kappa shape index (κ2) is 4.74. The minimum absolute atomic E-state index is 0.563. The van der Waals surface area contributed by atoms with E-state index < -0.39 is 0 Å². The van der Waals surface area contributed by atoms with E-state index in [-0.39, 0.29) is 0 Å². The molecule has 0 aliphatic carbocycles. The van der Waals surface area contributed by atoms with Crippen molar-refractivity contribution in [1.82, 2.24) is 15.0 Å². The SMILES string of the molecule is Brc1cccc2c1nnn2CC1CCCOC1. The predicted octanol–water partition coefficient (Wildman–Crippen LogP) is 2.62. The summed E-state index contributed by atoms with van der Waals surface area (Å²) in [6, 6.07) is 6.07. The minimum Gasteiger partial charge on any atom is -0.381 e. The van der Waals surface area contributed by atoms with Crippen molar-refractivity contribution in [3.05, 3.63) is 22.7 Å². The molecule has 4 nitrogen and oxygen atoms in total. The van der Waals surface area contributed by atoms with Crippen LogP contribution in [0.25, 0.3) is 11.0 Å². The van der Waals surface area contributed by atoms with Crippen LogP contribution in [-0.4, -0.2) is 28.2 Å². The Kier molecular flexibility index (Phi) is 3.11. The molecule has 0 amide bonds. The topological polar surface area (TPSA) is 39.9 Å². The first-order valence-electron chi connectivity index (χ1n) is 5.90. The van der Waals surface area contributed by atoms with E-state index in [2.05, 4.69) is 32.3 Å². The van der Waals surface area contributed by atoms with Gasteiger partial charge in [-0.25, -0.2) is 4.68 Å². The molecule has 1 atom stereocenters. The Morgan fingerprint density at radius 1 is 1.47 bits per heavy atom. The van der Waals surface area contributed by atoms with Crippen molar-refractivity contribution in [1.29, 1.82) is 0 Å². The number of hydrogen-bond acceptors (Lipinski definition) is 3. The molecule has 90 valence electrons. The van der Waals surface area contributed by atoms with Gasteiger partial charge in [-0.15, -0.1) is 5.10 Å². The Labute approximate surface area is 108 Å². The summed E-state index contributed by atoms with van der Waals surface area (Å²) in [7, 11) is 0. The van der Waals surface area contributed by atoms with E-state index in [4.69, 9.17) is 4.74 Å². The molecule has 0 spiro atoms. The highest BCUT2D eigenvalue weighted by atomic mass is 79.9. The van der Waals surface area contributed by atoms with Gasteiger partial charge in [0.1, 0.15) is 5.52 Å². The molecule has 1 aliphatic rings. The fourth-order valence-electron chi connectivity index (χ4n) is 2.29. The molecule has 1 aromatic heterocycles. The van der Waals surface area contributed by atoms with E-state index in [1.807, 2.05) is 16.8 Å². The zero-order chi connectivity index (χ0) is 11.7. The molecule has 1 saturated heterocycles. The van der Waals surface area contributed by atoms with Crippen molar-refractivity contribution in [2.75, 3.05) is 13.2 Å². The van der Waals surface area contributed by atoms with E-state index in [1.54, 1.807) is 0 Å². The van der Waals surface area contributed by atoms with Crippen LogP contribution >= 0.6 is 15.9 Å². The molecule has 2 heterocycles. The smallest absolute Gasteiger partial charge is 0.127 e. The van der Waals surface area contributed by atoms with Crippen molar-refractivity contribution < 1.29 is 4.74 Å². The predicted molar refractivity (Wildman–Crippen MR) is 68.8 cm³/mol. The van der Waals surface area contributed by atoms with E-state index in [9.17, 15) is 0 Å². The summed E-state index contributed by atoms with van der Waals surface area (Å²) in [6.45, 7) is 2.64. The summed E-state index contributed by atoms with van der Waals surface area (Å²) in [6.07, 6.45) is 2.37. The van der Waals surface area contributed by atoms with Crippen LogP contribution in [0.3, 0.4) is 0 Å². The van der Waals surface area contributed by atoms with Gasteiger partial charge >= 0.3 is 0 Å². The van der Waals surface area contributed by atoms with Gasteiger partial charge in [0.15, 0.2) is 0 Å². The lowest BCUT2D eigenvalue weighted by Gasteiger charge is -2.21. The number of benzene rings is 1. The number of aromatic nitrogens is 3. The van der Waals surface area contributed by atoms with Crippen LogP contribution in [0, 0.1) is 5.92 Å². The molecule has 0 saturated carbocycles. The molecule has 0 N–H and O–H groups in total. The summed E-state index contributed by atoms with van der Waals surface area (Å²) in [5.74, 6) is 0.563.